The van der Waals surface area contributed by atoms with E-state index in [0.29, 0.717) is 25.4 Å². The molecule has 1 unspecified atom stereocenters. The second-order valence-corrected chi connectivity index (χ2v) is 7.25. The van der Waals surface area contributed by atoms with E-state index < -0.39 is 16.0 Å². The number of benzene rings is 1. The van der Waals surface area contributed by atoms with Crippen molar-refractivity contribution in [2.24, 2.45) is 5.92 Å². The summed E-state index contributed by atoms with van der Waals surface area (Å²) in [6.07, 6.45) is 2.99. The molecule has 21 heavy (non-hydrogen) atoms. The van der Waals surface area contributed by atoms with E-state index in [0.717, 1.165) is 12.8 Å². The van der Waals surface area contributed by atoms with Crippen molar-refractivity contribution in [1.29, 1.82) is 0 Å². The average Bonchev–Trinajstić information content (AvgIpc) is 2.45. The van der Waals surface area contributed by atoms with Gasteiger partial charge in [-0.1, -0.05) is 0 Å². The minimum absolute atomic E-state index is 0.160. The number of carboxylic acids is 1. The van der Waals surface area contributed by atoms with Gasteiger partial charge in [-0.15, -0.1) is 0 Å². The van der Waals surface area contributed by atoms with E-state index in [-0.39, 0.29) is 11.5 Å². The molecule has 1 aliphatic rings. The van der Waals surface area contributed by atoms with Gasteiger partial charge in [0.15, 0.2) is 0 Å². The highest BCUT2D eigenvalue weighted by atomic mass is 32.2. The number of aromatic carboxylic acids is 1. The smallest absolute Gasteiger partial charge is 0.335 e. The maximum atomic E-state index is 11.5. The lowest BCUT2D eigenvalue weighted by Crippen LogP contribution is -2.40. The fraction of sp³-hybridized carbons (Fsp3) is 0.500. The molecule has 0 spiro atoms. The van der Waals surface area contributed by atoms with Crippen LogP contribution in [-0.4, -0.2) is 49.8 Å². The van der Waals surface area contributed by atoms with E-state index in [2.05, 4.69) is 0 Å². The molecule has 1 heterocycles. The molecule has 0 aromatic heterocycles. The molecule has 6 nitrogen and oxygen atoms in total. The molecule has 0 amide bonds. The summed E-state index contributed by atoms with van der Waals surface area (Å²) in [5, 5.41) is 8.81. The van der Waals surface area contributed by atoms with Gasteiger partial charge in [0.05, 0.1) is 18.4 Å². The first-order chi connectivity index (χ1) is 9.86. The molecule has 1 aromatic rings. The third-order valence-electron chi connectivity index (χ3n) is 3.54. The van der Waals surface area contributed by atoms with Gasteiger partial charge in [0.1, 0.15) is 5.75 Å². The summed E-state index contributed by atoms with van der Waals surface area (Å²) in [5.74, 6) is -0.221. The van der Waals surface area contributed by atoms with Crippen LogP contribution in [0.1, 0.15) is 23.2 Å². The molecule has 1 saturated heterocycles. The number of carbonyl (C=O) groups is 1. The topological polar surface area (TPSA) is 83.9 Å². The zero-order valence-electron chi connectivity index (χ0n) is 11.9. The highest BCUT2D eigenvalue weighted by Crippen LogP contribution is 2.20. The molecule has 2 rings (SSSR count). The summed E-state index contributed by atoms with van der Waals surface area (Å²) in [6, 6.07) is 6.20. The van der Waals surface area contributed by atoms with E-state index in [4.69, 9.17) is 9.84 Å². The number of nitrogens with zero attached hydrogens (tertiary/aromatic N) is 1. The lowest BCUT2D eigenvalue weighted by molar-refractivity contribution is 0.0697. The number of carboxylic acid groups (broad SMARTS) is 1. The highest BCUT2D eigenvalue weighted by Gasteiger charge is 2.26. The van der Waals surface area contributed by atoms with Crippen LogP contribution in [0.4, 0.5) is 0 Å². The molecule has 0 saturated carbocycles. The second-order valence-electron chi connectivity index (χ2n) is 5.27. The fourth-order valence-corrected chi connectivity index (χ4v) is 3.31. The second kappa shape index (κ2) is 6.44. The fourth-order valence-electron chi connectivity index (χ4n) is 2.37. The van der Waals surface area contributed by atoms with Crippen LogP contribution in [0.2, 0.25) is 0 Å². The number of rotatable bonds is 5. The number of hydrogen-bond acceptors (Lipinski definition) is 4. The Balaban J connectivity index is 1.89. The first kappa shape index (κ1) is 15.8. The van der Waals surface area contributed by atoms with E-state index in [1.807, 2.05) is 0 Å². The van der Waals surface area contributed by atoms with Crippen molar-refractivity contribution in [3.8, 4) is 5.75 Å². The highest BCUT2D eigenvalue weighted by molar-refractivity contribution is 7.88. The summed E-state index contributed by atoms with van der Waals surface area (Å²) >= 11 is 0. The lowest BCUT2D eigenvalue weighted by atomic mass is 10.0. The minimum Gasteiger partial charge on any atom is -0.493 e. The van der Waals surface area contributed by atoms with Crippen LogP contribution < -0.4 is 4.74 Å². The van der Waals surface area contributed by atoms with Gasteiger partial charge in [0.2, 0.25) is 10.0 Å². The molecule has 0 bridgehead atoms. The van der Waals surface area contributed by atoms with Crippen molar-refractivity contribution in [3.05, 3.63) is 29.8 Å². The van der Waals surface area contributed by atoms with Crippen molar-refractivity contribution in [3.63, 3.8) is 0 Å². The SMILES string of the molecule is CS(=O)(=O)N1CCCC(COc2ccc(C(=O)O)cc2)C1. The van der Waals surface area contributed by atoms with Crippen LogP contribution in [0.3, 0.4) is 0 Å². The van der Waals surface area contributed by atoms with E-state index in [9.17, 15) is 13.2 Å². The predicted octanol–water partition coefficient (Wildman–Crippen LogP) is 1.44. The monoisotopic (exact) mass is 313 g/mol. The molecule has 1 aliphatic heterocycles. The van der Waals surface area contributed by atoms with Crippen LogP contribution in [0.5, 0.6) is 5.75 Å². The molecule has 0 radical (unpaired) electrons. The van der Waals surface area contributed by atoms with Crippen molar-refractivity contribution < 1.29 is 23.1 Å². The number of ether oxygens (including phenoxy) is 1. The van der Waals surface area contributed by atoms with Crippen LogP contribution in [0, 0.1) is 5.92 Å². The van der Waals surface area contributed by atoms with E-state index >= 15 is 0 Å². The Kier molecular flexibility index (Phi) is 4.84. The van der Waals surface area contributed by atoms with Gasteiger partial charge in [-0.2, -0.15) is 0 Å². The zero-order valence-corrected chi connectivity index (χ0v) is 12.7. The van der Waals surface area contributed by atoms with Gasteiger partial charge in [-0.3, -0.25) is 0 Å². The molecule has 1 N–H and O–H groups in total. The Morgan fingerprint density at radius 2 is 2.05 bits per heavy atom. The maximum absolute atomic E-state index is 11.5. The molecular weight excluding hydrogens is 294 g/mol. The summed E-state index contributed by atoms with van der Waals surface area (Å²) in [7, 11) is -3.14. The third-order valence-corrected chi connectivity index (χ3v) is 4.81. The summed E-state index contributed by atoms with van der Waals surface area (Å²) in [5.41, 5.74) is 0.211. The predicted molar refractivity (Wildman–Crippen MR) is 78.0 cm³/mol. The first-order valence-electron chi connectivity index (χ1n) is 6.77. The third kappa shape index (κ3) is 4.44. The maximum Gasteiger partial charge on any atom is 0.335 e. The van der Waals surface area contributed by atoms with Crippen LogP contribution in [-0.2, 0) is 10.0 Å². The average molecular weight is 313 g/mol. The quantitative estimate of drug-likeness (QED) is 0.889. The summed E-state index contributed by atoms with van der Waals surface area (Å²) in [4.78, 5) is 10.7. The van der Waals surface area contributed by atoms with Gasteiger partial charge in [-0.25, -0.2) is 17.5 Å². The van der Waals surface area contributed by atoms with Crippen molar-refractivity contribution in [1.82, 2.24) is 4.31 Å². The normalized spacial score (nSPS) is 20.1. The molecule has 0 aliphatic carbocycles. The molecular formula is C14H19NO5S. The van der Waals surface area contributed by atoms with E-state index in [1.54, 1.807) is 12.1 Å². The van der Waals surface area contributed by atoms with Crippen molar-refractivity contribution in [2.45, 2.75) is 12.8 Å². The van der Waals surface area contributed by atoms with Gasteiger partial charge >= 0.3 is 5.97 Å². The Bertz CT molecular complexity index is 596. The Hall–Kier alpha value is -1.60. The standard InChI is InChI=1S/C14H19NO5S/c1-21(18,19)15-8-2-3-11(9-15)10-20-13-6-4-12(5-7-13)14(16)17/h4-7,11H,2-3,8-10H2,1H3,(H,16,17). The first-order valence-corrected chi connectivity index (χ1v) is 8.62. The van der Waals surface area contributed by atoms with Crippen LogP contribution in [0.15, 0.2) is 24.3 Å². The van der Waals surface area contributed by atoms with Gasteiger partial charge < -0.3 is 9.84 Å². The van der Waals surface area contributed by atoms with Gasteiger partial charge in [-0.05, 0) is 37.1 Å². The van der Waals surface area contributed by atoms with Gasteiger partial charge in [0, 0.05) is 19.0 Å². The number of hydrogen-bond donors (Lipinski definition) is 1. The van der Waals surface area contributed by atoms with E-state index in [1.165, 1.54) is 22.7 Å². The molecule has 1 fully saturated rings. The van der Waals surface area contributed by atoms with Crippen LogP contribution in [0.25, 0.3) is 0 Å². The zero-order chi connectivity index (χ0) is 15.5. The Morgan fingerprint density at radius 1 is 1.38 bits per heavy atom. The van der Waals surface area contributed by atoms with Crippen LogP contribution >= 0.6 is 0 Å². The largest absolute Gasteiger partial charge is 0.493 e. The summed E-state index contributed by atoms with van der Waals surface area (Å²) < 4.78 is 30.2. The molecule has 1 atom stereocenters. The Morgan fingerprint density at radius 3 is 2.62 bits per heavy atom. The molecule has 1 aromatic carbocycles. The molecule has 116 valence electrons. The number of sulfonamides is 1. The van der Waals surface area contributed by atoms with Crippen molar-refractivity contribution in [2.75, 3.05) is 26.0 Å². The van der Waals surface area contributed by atoms with Crippen molar-refractivity contribution >= 4 is 16.0 Å². The Labute approximate surface area is 124 Å². The van der Waals surface area contributed by atoms with Gasteiger partial charge in [0.25, 0.3) is 0 Å². The summed E-state index contributed by atoms with van der Waals surface area (Å²) in [6.45, 7) is 1.48. The molecule has 7 heteroatoms. The lowest BCUT2D eigenvalue weighted by Gasteiger charge is -2.30. The number of piperidine rings is 1. The minimum atomic E-state index is -3.14.